The number of rotatable bonds is 41. The summed E-state index contributed by atoms with van der Waals surface area (Å²) in [5, 5.41) is 20.7. The van der Waals surface area contributed by atoms with Gasteiger partial charge < -0.3 is 29.5 Å². The molecule has 0 heterocycles. The Hall–Kier alpha value is -1.62. The first-order valence-corrected chi connectivity index (χ1v) is 25.6. The fraction of sp³-hybridized carbons (Fsp3) is 0.894. The number of ether oxygens (including phenoxy) is 2. The number of phosphoric ester groups is 1. The highest BCUT2D eigenvalue weighted by molar-refractivity contribution is 7.46. The average molecular weight is 859 g/mol. The normalized spacial score (nSPS) is 18.1. The Balaban J connectivity index is 2.16. The van der Waals surface area contributed by atoms with Gasteiger partial charge in [-0.05, 0) is 25.7 Å². The number of aliphatic hydroxyl groups excluding tert-OH is 2. The standard InChI is InChI=1S/C47H87O11P/c1-3-5-7-8-9-10-11-12-13-14-15-16-17-18-19-20-21-22-23-24-29-33-46(51)56-38-41(39-57-59(53,54)55)58-47(52)34-30-26-25-28-32-42-43(45(50)37-44(42)49)36-35-40(48)31-27-6-4-2/h35-36,40-43,45,48,50H,3-34,37-39H2,1-2H3,(H2,53,54,55)/b36-35+/t40-,41+,42+,43+,45+/m0/s1. The molecule has 59 heavy (non-hydrogen) atoms. The number of ketones is 1. The minimum atomic E-state index is -4.82. The van der Waals surface area contributed by atoms with E-state index in [0.29, 0.717) is 32.1 Å². The van der Waals surface area contributed by atoms with Crippen LogP contribution in [0.25, 0.3) is 0 Å². The Kier molecular flexibility index (Phi) is 34.7. The number of phosphoric acid groups is 1. The van der Waals surface area contributed by atoms with Crippen LogP contribution in [0.3, 0.4) is 0 Å². The molecule has 346 valence electrons. The molecule has 1 rings (SSSR count). The Morgan fingerprint density at radius 1 is 0.661 bits per heavy atom. The van der Waals surface area contributed by atoms with Gasteiger partial charge in [0, 0.05) is 31.1 Å². The van der Waals surface area contributed by atoms with Gasteiger partial charge in [0.05, 0.1) is 18.8 Å². The summed E-state index contributed by atoms with van der Waals surface area (Å²) in [7, 11) is -4.82. The van der Waals surface area contributed by atoms with Gasteiger partial charge in [0.2, 0.25) is 0 Å². The summed E-state index contributed by atoms with van der Waals surface area (Å²) in [5.41, 5.74) is 0. The maximum absolute atomic E-state index is 12.6. The number of unbranched alkanes of at least 4 members (excludes halogenated alkanes) is 25. The van der Waals surface area contributed by atoms with E-state index in [4.69, 9.17) is 19.3 Å². The molecule has 0 unspecified atom stereocenters. The fourth-order valence-corrected chi connectivity index (χ4v) is 8.40. The molecule has 1 fully saturated rings. The van der Waals surface area contributed by atoms with Crippen LogP contribution >= 0.6 is 7.82 Å². The number of Topliss-reactive ketones (excluding diaryl/α,β-unsaturated/α-hetero) is 1. The summed E-state index contributed by atoms with van der Waals surface area (Å²) in [6.45, 7) is 3.42. The highest BCUT2D eigenvalue weighted by Crippen LogP contribution is 2.36. The molecule has 0 aromatic heterocycles. The Morgan fingerprint density at radius 2 is 1.10 bits per heavy atom. The maximum atomic E-state index is 12.6. The third kappa shape index (κ3) is 32.7. The van der Waals surface area contributed by atoms with Crippen molar-refractivity contribution in [2.45, 2.75) is 244 Å². The van der Waals surface area contributed by atoms with Gasteiger partial charge in [0.15, 0.2) is 6.10 Å². The minimum absolute atomic E-state index is 0.0383. The zero-order valence-corrected chi connectivity index (χ0v) is 38.3. The lowest BCUT2D eigenvalue weighted by molar-refractivity contribution is -0.161. The molecule has 5 atom stereocenters. The molecule has 0 amide bonds. The van der Waals surface area contributed by atoms with Gasteiger partial charge in [-0.3, -0.25) is 18.9 Å². The fourth-order valence-electron chi connectivity index (χ4n) is 8.04. The van der Waals surface area contributed by atoms with Crippen LogP contribution in [0, 0.1) is 11.8 Å². The molecular formula is C47H87O11P. The molecule has 0 radical (unpaired) electrons. The molecule has 1 aliphatic rings. The number of hydrogen-bond acceptors (Lipinski definition) is 9. The van der Waals surface area contributed by atoms with E-state index < -0.39 is 44.7 Å². The van der Waals surface area contributed by atoms with Gasteiger partial charge >= 0.3 is 19.8 Å². The summed E-state index contributed by atoms with van der Waals surface area (Å²) in [6.07, 6.45) is 35.5. The summed E-state index contributed by atoms with van der Waals surface area (Å²) >= 11 is 0. The molecule has 4 N–H and O–H groups in total. The minimum Gasteiger partial charge on any atom is -0.462 e. The van der Waals surface area contributed by atoms with Crippen molar-refractivity contribution >= 4 is 25.5 Å². The second-order valence-corrected chi connectivity index (χ2v) is 18.5. The van der Waals surface area contributed by atoms with Crippen LogP contribution in [0.4, 0.5) is 0 Å². The van der Waals surface area contributed by atoms with E-state index in [-0.39, 0.29) is 43.5 Å². The van der Waals surface area contributed by atoms with Crippen LogP contribution in [-0.2, 0) is 32.9 Å². The lowest BCUT2D eigenvalue weighted by atomic mass is 9.88. The molecule has 0 aromatic rings. The van der Waals surface area contributed by atoms with Gasteiger partial charge in [0.1, 0.15) is 12.4 Å². The van der Waals surface area contributed by atoms with Crippen molar-refractivity contribution < 1.29 is 52.9 Å². The second-order valence-electron chi connectivity index (χ2n) is 17.2. The number of aliphatic hydroxyl groups is 2. The van der Waals surface area contributed by atoms with E-state index in [0.717, 1.165) is 51.4 Å². The summed E-state index contributed by atoms with van der Waals surface area (Å²) in [6, 6.07) is 0. The van der Waals surface area contributed by atoms with Crippen LogP contribution in [0.15, 0.2) is 12.2 Å². The van der Waals surface area contributed by atoms with E-state index in [1.807, 2.05) is 0 Å². The first-order chi connectivity index (χ1) is 28.5. The van der Waals surface area contributed by atoms with E-state index in [1.54, 1.807) is 12.2 Å². The van der Waals surface area contributed by atoms with Crippen LogP contribution in [-0.4, -0.2) is 69.2 Å². The first-order valence-electron chi connectivity index (χ1n) is 24.1. The maximum Gasteiger partial charge on any atom is 0.469 e. The third-order valence-corrected chi connectivity index (χ3v) is 12.2. The largest absolute Gasteiger partial charge is 0.469 e. The third-order valence-electron chi connectivity index (χ3n) is 11.7. The van der Waals surface area contributed by atoms with Gasteiger partial charge in [-0.1, -0.05) is 193 Å². The zero-order valence-electron chi connectivity index (χ0n) is 37.4. The summed E-state index contributed by atoms with van der Waals surface area (Å²) in [4.78, 5) is 55.8. The number of carbonyl (C=O) groups excluding carboxylic acids is 3. The van der Waals surface area contributed by atoms with Gasteiger partial charge in [-0.2, -0.15) is 0 Å². The van der Waals surface area contributed by atoms with E-state index in [2.05, 4.69) is 18.4 Å². The second kappa shape index (κ2) is 37.0. The Bertz CT molecular complexity index is 1130. The van der Waals surface area contributed by atoms with Crippen LogP contribution in [0.1, 0.15) is 226 Å². The smallest absolute Gasteiger partial charge is 0.462 e. The van der Waals surface area contributed by atoms with Gasteiger partial charge in [0.25, 0.3) is 0 Å². The topological polar surface area (TPSA) is 177 Å². The van der Waals surface area contributed by atoms with Crippen molar-refractivity contribution in [3.05, 3.63) is 12.2 Å². The molecule has 12 heteroatoms. The van der Waals surface area contributed by atoms with E-state index >= 15 is 0 Å². The van der Waals surface area contributed by atoms with Gasteiger partial charge in [-0.15, -0.1) is 0 Å². The molecule has 0 aliphatic heterocycles. The van der Waals surface area contributed by atoms with Crippen molar-refractivity contribution in [3.8, 4) is 0 Å². The predicted octanol–water partition coefficient (Wildman–Crippen LogP) is 11.6. The number of esters is 2. The summed E-state index contributed by atoms with van der Waals surface area (Å²) in [5.74, 6) is -1.58. The molecule has 0 saturated heterocycles. The van der Waals surface area contributed by atoms with E-state index in [9.17, 15) is 29.2 Å². The SMILES string of the molecule is CCCCCCCCCCCCCCCCCCCCCCCC(=O)OC[C@H](COP(=O)(O)O)OC(=O)CCCCCC[C@H]1C(=O)C[C@@H](O)[C@@H]1/C=C/[C@@H](O)CCCCC. The molecule has 0 spiro atoms. The van der Waals surface area contributed by atoms with Gasteiger partial charge in [-0.25, -0.2) is 4.57 Å². The summed E-state index contributed by atoms with van der Waals surface area (Å²) < 4.78 is 26.5. The highest BCUT2D eigenvalue weighted by Gasteiger charge is 2.39. The lowest BCUT2D eigenvalue weighted by Crippen LogP contribution is -2.29. The monoisotopic (exact) mass is 859 g/mol. The molecule has 11 nitrogen and oxygen atoms in total. The molecule has 1 saturated carbocycles. The number of hydrogen-bond donors (Lipinski definition) is 4. The van der Waals surface area contributed by atoms with Crippen molar-refractivity contribution in [1.82, 2.24) is 0 Å². The van der Waals surface area contributed by atoms with Crippen molar-refractivity contribution in [2.24, 2.45) is 11.8 Å². The van der Waals surface area contributed by atoms with Crippen LogP contribution in [0.5, 0.6) is 0 Å². The Morgan fingerprint density at radius 3 is 1.59 bits per heavy atom. The van der Waals surface area contributed by atoms with E-state index in [1.165, 1.54) is 109 Å². The van der Waals surface area contributed by atoms with Crippen LogP contribution in [0.2, 0.25) is 0 Å². The highest BCUT2D eigenvalue weighted by atomic mass is 31.2. The Labute approximate surface area is 358 Å². The number of carbonyl (C=O) groups is 3. The predicted molar refractivity (Wildman–Crippen MR) is 236 cm³/mol. The quantitative estimate of drug-likeness (QED) is 0.0199. The zero-order chi connectivity index (χ0) is 43.4. The van der Waals surface area contributed by atoms with Crippen LogP contribution < -0.4 is 0 Å². The molecular weight excluding hydrogens is 771 g/mol. The molecule has 0 aromatic carbocycles. The first kappa shape index (κ1) is 55.4. The average Bonchev–Trinajstić information content (AvgIpc) is 3.47. The molecule has 1 aliphatic carbocycles. The van der Waals surface area contributed by atoms with Crippen molar-refractivity contribution in [3.63, 3.8) is 0 Å². The molecule has 0 bridgehead atoms. The lowest BCUT2D eigenvalue weighted by Gasteiger charge is -2.19. The van der Waals surface area contributed by atoms with Crippen molar-refractivity contribution in [1.29, 1.82) is 0 Å². The van der Waals surface area contributed by atoms with Crippen molar-refractivity contribution in [2.75, 3.05) is 13.2 Å².